The van der Waals surface area contributed by atoms with E-state index in [0.717, 1.165) is 22.5 Å². The van der Waals surface area contributed by atoms with E-state index < -0.39 is 0 Å². The van der Waals surface area contributed by atoms with Crippen molar-refractivity contribution in [2.75, 3.05) is 0 Å². The smallest absolute Gasteiger partial charge is 0.271 e. The van der Waals surface area contributed by atoms with Crippen LogP contribution >= 0.6 is 15.9 Å². The molecule has 0 saturated heterocycles. The number of carbonyl (C=O) groups excluding carboxylic acids is 1. The summed E-state index contributed by atoms with van der Waals surface area (Å²) < 4.78 is 4.20. The highest BCUT2D eigenvalue weighted by Gasteiger charge is 2.18. The highest BCUT2D eigenvalue weighted by molar-refractivity contribution is 9.10. The quantitative estimate of drug-likeness (QED) is 0.472. The summed E-state index contributed by atoms with van der Waals surface area (Å²) in [6.07, 6.45) is 3.60. The molecule has 146 valence electrons. The van der Waals surface area contributed by atoms with Crippen LogP contribution in [0.1, 0.15) is 23.0 Å². The fraction of sp³-hybridized carbons (Fsp3) is 0.136. The van der Waals surface area contributed by atoms with E-state index in [1.54, 1.807) is 10.9 Å². The standard InChI is InChI=1S/C22H20BrN5O/c1-2-27-21(19(23)14-25-27)22(29)24-13-17-15-28(18-11-7-4-8-12-18)26-20(17)16-9-5-3-6-10-16/h3-12,14-15H,2,13H2,1H3,(H,24,29). The van der Waals surface area contributed by atoms with Crippen molar-refractivity contribution in [3.8, 4) is 16.9 Å². The lowest BCUT2D eigenvalue weighted by molar-refractivity contribution is 0.0939. The molecule has 1 N–H and O–H groups in total. The van der Waals surface area contributed by atoms with Gasteiger partial charge < -0.3 is 5.32 Å². The third-order valence-electron chi connectivity index (χ3n) is 4.61. The Morgan fingerprint density at radius 1 is 1.07 bits per heavy atom. The van der Waals surface area contributed by atoms with Crippen molar-refractivity contribution < 1.29 is 4.79 Å². The van der Waals surface area contributed by atoms with Gasteiger partial charge in [0.15, 0.2) is 0 Å². The van der Waals surface area contributed by atoms with Crippen LogP contribution in [-0.4, -0.2) is 25.5 Å². The Hall–Kier alpha value is -3.19. The average molecular weight is 450 g/mol. The first-order chi connectivity index (χ1) is 14.2. The molecule has 0 saturated carbocycles. The number of carbonyl (C=O) groups is 1. The van der Waals surface area contributed by atoms with Gasteiger partial charge in [-0.1, -0.05) is 48.5 Å². The van der Waals surface area contributed by atoms with Crippen molar-refractivity contribution in [1.29, 1.82) is 0 Å². The van der Waals surface area contributed by atoms with Gasteiger partial charge in [-0.05, 0) is 35.0 Å². The SMILES string of the molecule is CCn1ncc(Br)c1C(=O)NCc1cn(-c2ccccc2)nc1-c1ccccc1. The Morgan fingerprint density at radius 2 is 1.76 bits per heavy atom. The third kappa shape index (κ3) is 4.00. The molecule has 29 heavy (non-hydrogen) atoms. The number of halogens is 1. The van der Waals surface area contributed by atoms with Crippen LogP contribution in [0.5, 0.6) is 0 Å². The lowest BCUT2D eigenvalue weighted by atomic mass is 10.1. The third-order valence-corrected chi connectivity index (χ3v) is 5.19. The molecule has 0 unspecified atom stereocenters. The molecule has 0 radical (unpaired) electrons. The molecule has 0 aliphatic rings. The van der Waals surface area contributed by atoms with Gasteiger partial charge >= 0.3 is 0 Å². The van der Waals surface area contributed by atoms with Crippen LogP contribution in [0.3, 0.4) is 0 Å². The second kappa shape index (κ2) is 8.45. The molecule has 0 aliphatic carbocycles. The van der Waals surface area contributed by atoms with Crippen LogP contribution in [0.2, 0.25) is 0 Å². The van der Waals surface area contributed by atoms with Crippen LogP contribution < -0.4 is 5.32 Å². The fourth-order valence-electron chi connectivity index (χ4n) is 3.18. The summed E-state index contributed by atoms with van der Waals surface area (Å²) in [4.78, 5) is 12.8. The minimum Gasteiger partial charge on any atom is -0.346 e. The highest BCUT2D eigenvalue weighted by Crippen LogP contribution is 2.24. The zero-order valence-electron chi connectivity index (χ0n) is 15.9. The first-order valence-corrected chi connectivity index (χ1v) is 10.2. The Balaban J connectivity index is 1.65. The first-order valence-electron chi connectivity index (χ1n) is 9.36. The topological polar surface area (TPSA) is 64.7 Å². The minimum atomic E-state index is -0.178. The molecule has 0 atom stereocenters. The summed E-state index contributed by atoms with van der Waals surface area (Å²) in [6.45, 7) is 2.93. The molecule has 2 heterocycles. The molecule has 1 amide bonds. The van der Waals surface area contributed by atoms with E-state index in [0.29, 0.717) is 23.3 Å². The second-order valence-corrected chi connectivity index (χ2v) is 7.34. The lowest BCUT2D eigenvalue weighted by Crippen LogP contribution is -2.26. The predicted molar refractivity (Wildman–Crippen MR) is 116 cm³/mol. The second-order valence-electron chi connectivity index (χ2n) is 6.49. The van der Waals surface area contributed by atoms with E-state index >= 15 is 0 Å². The van der Waals surface area contributed by atoms with Crippen molar-refractivity contribution in [2.45, 2.75) is 20.0 Å². The van der Waals surface area contributed by atoms with Gasteiger partial charge in [0, 0.05) is 30.4 Å². The van der Waals surface area contributed by atoms with Gasteiger partial charge in [-0.2, -0.15) is 10.2 Å². The molecule has 4 aromatic rings. The molecule has 7 heteroatoms. The normalized spacial score (nSPS) is 10.8. The summed E-state index contributed by atoms with van der Waals surface area (Å²) in [6, 6.07) is 19.9. The number of nitrogens with zero attached hydrogens (tertiary/aromatic N) is 4. The van der Waals surface area contributed by atoms with Crippen molar-refractivity contribution in [3.63, 3.8) is 0 Å². The monoisotopic (exact) mass is 449 g/mol. The molecule has 6 nitrogen and oxygen atoms in total. The molecule has 0 spiro atoms. The van der Waals surface area contributed by atoms with Crippen molar-refractivity contribution in [1.82, 2.24) is 24.9 Å². The van der Waals surface area contributed by atoms with Crippen LogP contribution in [0.4, 0.5) is 0 Å². The number of para-hydroxylation sites is 1. The van der Waals surface area contributed by atoms with Crippen LogP contribution in [0.25, 0.3) is 16.9 Å². The average Bonchev–Trinajstić information content (AvgIpc) is 3.37. The molecule has 2 aromatic carbocycles. The van der Waals surface area contributed by atoms with Crippen LogP contribution in [0.15, 0.2) is 77.5 Å². The van der Waals surface area contributed by atoms with Crippen LogP contribution in [0, 0.1) is 0 Å². The number of aryl methyl sites for hydroxylation is 1. The molecule has 0 bridgehead atoms. The molecule has 0 aliphatic heterocycles. The first kappa shape index (κ1) is 19.1. The number of hydrogen-bond acceptors (Lipinski definition) is 3. The molecule has 4 rings (SSSR count). The molecule has 2 aromatic heterocycles. The molecule has 0 fully saturated rings. The van der Waals surface area contributed by atoms with E-state index in [9.17, 15) is 4.79 Å². The van der Waals surface area contributed by atoms with E-state index in [-0.39, 0.29) is 5.91 Å². The summed E-state index contributed by atoms with van der Waals surface area (Å²) >= 11 is 3.41. The summed E-state index contributed by atoms with van der Waals surface area (Å²) in [5.41, 5.74) is 4.27. The summed E-state index contributed by atoms with van der Waals surface area (Å²) in [5.74, 6) is -0.178. The summed E-state index contributed by atoms with van der Waals surface area (Å²) in [5, 5.41) is 12.0. The largest absolute Gasteiger partial charge is 0.346 e. The predicted octanol–water partition coefficient (Wildman–Crippen LogP) is 4.45. The van der Waals surface area contributed by atoms with E-state index in [1.807, 2.05) is 78.5 Å². The number of nitrogens with one attached hydrogen (secondary N) is 1. The van der Waals surface area contributed by atoms with Crippen LogP contribution in [-0.2, 0) is 13.1 Å². The van der Waals surface area contributed by atoms with E-state index in [4.69, 9.17) is 5.10 Å². The Morgan fingerprint density at radius 3 is 2.45 bits per heavy atom. The maximum atomic E-state index is 12.8. The van der Waals surface area contributed by atoms with Gasteiger partial charge in [0.25, 0.3) is 5.91 Å². The number of benzene rings is 2. The van der Waals surface area contributed by atoms with Crippen molar-refractivity contribution in [2.24, 2.45) is 0 Å². The Labute approximate surface area is 177 Å². The lowest BCUT2D eigenvalue weighted by Gasteiger charge is -2.08. The molecular weight excluding hydrogens is 430 g/mol. The van der Waals surface area contributed by atoms with Gasteiger partial charge in [-0.3, -0.25) is 9.48 Å². The minimum absolute atomic E-state index is 0.178. The highest BCUT2D eigenvalue weighted by atomic mass is 79.9. The van der Waals surface area contributed by atoms with Gasteiger partial charge in [-0.25, -0.2) is 4.68 Å². The Kier molecular flexibility index (Phi) is 5.57. The maximum Gasteiger partial charge on any atom is 0.271 e. The maximum absolute atomic E-state index is 12.8. The van der Waals surface area contributed by atoms with Gasteiger partial charge in [-0.15, -0.1) is 0 Å². The van der Waals surface area contributed by atoms with Gasteiger partial charge in [0.2, 0.25) is 0 Å². The van der Waals surface area contributed by atoms with Gasteiger partial charge in [0.05, 0.1) is 22.1 Å². The zero-order valence-corrected chi connectivity index (χ0v) is 17.5. The van der Waals surface area contributed by atoms with Crippen molar-refractivity contribution >= 4 is 21.8 Å². The molecular formula is C22H20BrN5O. The number of rotatable bonds is 6. The van der Waals surface area contributed by atoms with Crippen molar-refractivity contribution in [3.05, 3.63) is 88.8 Å². The van der Waals surface area contributed by atoms with E-state index in [2.05, 4.69) is 26.3 Å². The number of amides is 1. The summed E-state index contributed by atoms with van der Waals surface area (Å²) in [7, 11) is 0. The zero-order chi connectivity index (χ0) is 20.2. The fourth-order valence-corrected chi connectivity index (χ4v) is 3.65. The Bertz CT molecular complexity index is 1120. The van der Waals surface area contributed by atoms with E-state index in [1.165, 1.54) is 0 Å². The number of hydrogen-bond donors (Lipinski definition) is 1. The van der Waals surface area contributed by atoms with Gasteiger partial charge in [0.1, 0.15) is 5.69 Å². The number of aromatic nitrogens is 4.